The molecule has 0 spiro atoms. The van der Waals surface area contributed by atoms with Gasteiger partial charge >= 0.3 is 0 Å². The quantitative estimate of drug-likeness (QED) is 0.696. The maximum Gasteiger partial charge on any atom is 0.119 e. The van der Waals surface area contributed by atoms with Crippen LogP contribution in [0.1, 0.15) is 26.3 Å². The van der Waals surface area contributed by atoms with Crippen LogP contribution in [0.5, 0.6) is 5.75 Å². The zero-order chi connectivity index (χ0) is 14.1. The van der Waals surface area contributed by atoms with Gasteiger partial charge in [-0.1, -0.05) is 31.5 Å². The number of ether oxygens (including phenoxy) is 2. The Hall–Kier alpha value is -1.06. The lowest BCUT2D eigenvalue weighted by atomic mass is 10.2. The second-order valence-corrected chi connectivity index (χ2v) is 5.45. The minimum absolute atomic E-state index is 0.323. The molecule has 0 saturated heterocycles. The van der Waals surface area contributed by atoms with Crippen LogP contribution in [0.15, 0.2) is 24.3 Å². The smallest absolute Gasteiger partial charge is 0.119 e. The molecular formula is C16H27NO2. The van der Waals surface area contributed by atoms with E-state index in [0.717, 1.165) is 25.5 Å². The zero-order valence-corrected chi connectivity index (χ0v) is 12.6. The van der Waals surface area contributed by atoms with Gasteiger partial charge < -0.3 is 14.8 Å². The average Bonchev–Trinajstić information content (AvgIpc) is 2.37. The summed E-state index contributed by atoms with van der Waals surface area (Å²) in [6.45, 7) is 11.6. The number of rotatable bonds is 9. The van der Waals surface area contributed by atoms with E-state index in [9.17, 15) is 0 Å². The van der Waals surface area contributed by atoms with Crippen molar-refractivity contribution in [2.45, 2.75) is 33.7 Å². The van der Waals surface area contributed by atoms with Crippen LogP contribution in [-0.2, 0) is 4.74 Å². The highest BCUT2D eigenvalue weighted by Crippen LogP contribution is 2.11. The van der Waals surface area contributed by atoms with Crippen molar-refractivity contribution in [2.75, 3.05) is 26.4 Å². The summed E-state index contributed by atoms with van der Waals surface area (Å²) in [5, 5.41) is 3.39. The fraction of sp³-hybridized carbons (Fsp3) is 0.625. The van der Waals surface area contributed by atoms with Crippen molar-refractivity contribution >= 4 is 0 Å². The fourth-order valence-electron chi connectivity index (χ4n) is 1.61. The van der Waals surface area contributed by atoms with Gasteiger partial charge in [-0.25, -0.2) is 0 Å². The third-order valence-electron chi connectivity index (χ3n) is 2.71. The van der Waals surface area contributed by atoms with E-state index in [1.165, 1.54) is 5.56 Å². The fourth-order valence-corrected chi connectivity index (χ4v) is 1.61. The van der Waals surface area contributed by atoms with Crippen LogP contribution >= 0.6 is 0 Å². The number of hydrogen-bond acceptors (Lipinski definition) is 3. The summed E-state index contributed by atoms with van der Waals surface area (Å²) in [5.74, 6) is 1.53. The lowest BCUT2D eigenvalue weighted by Gasteiger charge is -2.15. The van der Waals surface area contributed by atoms with Crippen molar-refractivity contribution in [3.63, 3.8) is 0 Å². The van der Waals surface area contributed by atoms with Gasteiger partial charge in [-0.15, -0.1) is 0 Å². The van der Waals surface area contributed by atoms with Crippen LogP contribution in [0.3, 0.4) is 0 Å². The first-order chi connectivity index (χ1) is 9.08. The number of nitrogens with one attached hydrogen (secondary N) is 1. The number of benzene rings is 1. The third-order valence-corrected chi connectivity index (χ3v) is 2.71. The standard InChI is InChI=1S/C16H27NO2/c1-13(2)11-18-10-9-17-15(4)12-19-16-7-5-14(3)6-8-16/h5-8,13,15,17H,9-12H2,1-4H3. The highest BCUT2D eigenvalue weighted by atomic mass is 16.5. The van der Waals surface area contributed by atoms with Gasteiger partial charge in [-0.05, 0) is 31.9 Å². The topological polar surface area (TPSA) is 30.5 Å². The molecular weight excluding hydrogens is 238 g/mol. The molecule has 1 unspecified atom stereocenters. The molecule has 1 aromatic rings. The van der Waals surface area contributed by atoms with Crippen LogP contribution in [0, 0.1) is 12.8 Å². The Morgan fingerprint density at radius 2 is 1.74 bits per heavy atom. The van der Waals surface area contributed by atoms with Gasteiger partial charge in [-0.3, -0.25) is 0 Å². The van der Waals surface area contributed by atoms with Crippen molar-refractivity contribution in [2.24, 2.45) is 5.92 Å². The van der Waals surface area contributed by atoms with Gasteiger partial charge in [0.2, 0.25) is 0 Å². The first-order valence-corrected chi connectivity index (χ1v) is 7.08. The summed E-state index contributed by atoms with van der Waals surface area (Å²) in [6.07, 6.45) is 0. The summed E-state index contributed by atoms with van der Waals surface area (Å²) in [5.41, 5.74) is 1.25. The van der Waals surface area contributed by atoms with E-state index >= 15 is 0 Å². The number of hydrogen-bond donors (Lipinski definition) is 1. The molecule has 0 amide bonds. The van der Waals surface area contributed by atoms with E-state index in [4.69, 9.17) is 9.47 Å². The molecule has 1 atom stereocenters. The summed E-state index contributed by atoms with van der Waals surface area (Å²) in [6, 6.07) is 8.46. The second kappa shape index (κ2) is 8.94. The maximum absolute atomic E-state index is 5.71. The highest BCUT2D eigenvalue weighted by Gasteiger charge is 2.02. The monoisotopic (exact) mass is 265 g/mol. The van der Waals surface area contributed by atoms with Crippen LogP contribution in [0.2, 0.25) is 0 Å². The first-order valence-electron chi connectivity index (χ1n) is 7.08. The molecule has 0 aliphatic carbocycles. The molecule has 0 aromatic heterocycles. The molecule has 0 aliphatic rings. The Balaban J connectivity index is 2.07. The van der Waals surface area contributed by atoms with E-state index in [1.54, 1.807) is 0 Å². The predicted octanol–water partition coefficient (Wildman–Crippen LogP) is 3.02. The molecule has 3 nitrogen and oxygen atoms in total. The first kappa shape index (κ1) is 16.0. The van der Waals surface area contributed by atoms with Crippen LogP contribution in [-0.4, -0.2) is 32.4 Å². The van der Waals surface area contributed by atoms with E-state index in [2.05, 4.69) is 45.1 Å². The predicted molar refractivity (Wildman–Crippen MR) is 79.8 cm³/mol. The van der Waals surface area contributed by atoms with E-state index in [-0.39, 0.29) is 0 Å². The molecule has 108 valence electrons. The van der Waals surface area contributed by atoms with Crippen molar-refractivity contribution in [1.29, 1.82) is 0 Å². The normalized spacial score (nSPS) is 12.7. The summed E-state index contributed by atoms with van der Waals surface area (Å²) < 4.78 is 11.2. The van der Waals surface area contributed by atoms with Gasteiger partial charge in [0.15, 0.2) is 0 Å². The molecule has 0 saturated carbocycles. The van der Waals surface area contributed by atoms with Gasteiger partial charge in [0.05, 0.1) is 6.61 Å². The molecule has 0 heterocycles. The average molecular weight is 265 g/mol. The maximum atomic E-state index is 5.71. The summed E-state index contributed by atoms with van der Waals surface area (Å²) in [4.78, 5) is 0. The number of aryl methyl sites for hydroxylation is 1. The van der Waals surface area contributed by atoms with Crippen LogP contribution in [0.4, 0.5) is 0 Å². The Morgan fingerprint density at radius 1 is 1.05 bits per heavy atom. The molecule has 19 heavy (non-hydrogen) atoms. The van der Waals surface area contributed by atoms with Gasteiger partial charge in [0, 0.05) is 19.2 Å². The van der Waals surface area contributed by atoms with Crippen molar-refractivity contribution in [1.82, 2.24) is 5.32 Å². The van der Waals surface area contributed by atoms with E-state index in [1.807, 2.05) is 12.1 Å². The largest absolute Gasteiger partial charge is 0.492 e. The molecule has 1 rings (SSSR count). The third kappa shape index (κ3) is 7.85. The van der Waals surface area contributed by atoms with E-state index < -0.39 is 0 Å². The Bertz CT molecular complexity index is 335. The molecule has 1 N–H and O–H groups in total. The van der Waals surface area contributed by atoms with Gasteiger partial charge in [0.25, 0.3) is 0 Å². The van der Waals surface area contributed by atoms with Crippen molar-refractivity contribution in [3.05, 3.63) is 29.8 Å². The Labute approximate surface area is 117 Å². The lowest BCUT2D eigenvalue weighted by molar-refractivity contribution is 0.108. The Morgan fingerprint density at radius 3 is 2.37 bits per heavy atom. The summed E-state index contributed by atoms with van der Waals surface area (Å²) in [7, 11) is 0. The van der Waals surface area contributed by atoms with Crippen molar-refractivity contribution in [3.8, 4) is 5.75 Å². The minimum atomic E-state index is 0.323. The molecule has 0 bridgehead atoms. The molecule has 0 radical (unpaired) electrons. The lowest BCUT2D eigenvalue weighted by Crippen LogP contribution is -2.34. The SMILES string of the molecule is Cc1ccc(OCC(C)NCCOCC(C)C)cc1. The van der Waals surface area contributed by atoms with E-state index in [0.29, 0.717) is 18.6 Å². The van der Waals surface area contributed by atoms with Gasteiger partial charge in [-0.2, -0.15) is 0 Å². The molecule has 1 aromatic carbocycles. The minimum Gasteiger partial charge on any atom is -0.492 e. The Kier molecular flexibility index (Phi) is 7.53. The van der Waals surface area contributed by atoms with Crippen molar-refractivity contribution < 1.29 is 9.47 Å². The molecule has 0 fully saturated rings. The zero-order valence-electron chi connectivity index (χ0n) is 12.6. The summed E-state index contributed by atoms with van der Waals surface area (Å²) >= 11 is 0. The van der Waals surface area contributed by atoms with Crippen LogP contribution in [0.25, 0.3) is 0 Å². The molecule has 0 aliphatic heterocycles. The highest BCUT2D eigenvalue weighted by molar-refractivity contribution is 5.26. The molecule has 3 heteroatoms. The second-order valence-electron chi connectivity index (χ2n) is 5.45. The van der Waals surface area contributed by atoms with Gasteiger partial charge in [0.1, 0.15) is 12.4 Å². The van der Waals surface area contributed by atoms with Crippen LogP contribution < -0.4 is 10.1 Å².